The Labute approximate surface area is 145 Å². The van der Waals surface area contributed by atoms with E-state index in [2.05, 4.69) is 32.3 Å². The van der Waals surface area contributed by atoms with Crippen LogP contribution in [0.15, 0.2) is 54.9 Å². The number of hydrogen-bond donors (Lipinski definition) is 2. The molecule has 1 aromatic heterocycles. The first-order chi connectivity index (χ1) is 12.3. The van der Waals surface area contributed by atoms with E-state index >= 15 is 0 Å². The number of anilines is 1. The van der Waals surface area contributed by atoms with Crippen molar-refractivity contribution in [3.8, 4) is 0 Å². The number of hydrogen-bond acceptors (Lipinski definition) is 4. The number of para-hydroxylation sites is 1. The monoisotopic (exact) mass is 336 g/mol. The van der Waals surface area contributed by atoms with Crippen molar-refractivity contribution in [1.82, 2.24) is 15.3 Å². The van der Waals surface area contributed by atoms with E-state index in [1.54, 1.807) is 12.4 Å². The second kappa shape index (κ2) is 6.94. The fourth-order valence-corrected chi connectivity index (χ4v) is 3.10. The van der Waals surface area contributed by atoms with E-state index < -0.39 is 0 Å². The highest BCUT2D eigenvalue weighted by Gasteiger charge is 2.21. The van der Waals surface area contributed by atoms with Gasteiger partial charge in [0.05, 0.1) is 30.1 Å². The predicted molar refractivity (Wildman–Crippen MR) is 96.8 cm³/mol. The zero-order chi connectivity index (χ0) is 17.1. The molecule has 0 aliphatic carbocycles. The topological polar surface area (TPSA) is 70.2 Å². The van der Waals surface area contributed by atoms with Crippen molar-refractivity contribution in [2.45, 2.75) is 6.10 Å². The SMILES string of the molecule is O=C(NCC1CN(c2ccccc2)CCO1)c1ccc2nc[nH]c2c1. The number of rotatable bonds is 4. The van der Waals surface area contributed by atoms with E-state index in [0.29, 0.717) is 18.7 Å². The maximum absolute atomic E-state index is 12.4. The Morgan fingerprint density at radius 2 is 2.16 bits per heavy atom. The van der Waals surface area contributed by atoms with Crippen LogP contribution in [0.1, 0.15) is 10.4 Å². The quantitative estimate of drug-likeness (QED) is 0.766. The lowest BCUT2D eigenvalue weighted by Gasteiger charge is -2.34. The highest BCUT2D eigenvalue weighted by atomic mass is 16.5. The minimum atomic E-state index is -0.100. The van der Waals surface area contributed by atoms with Gasteiger partial charge in [-0.05, 0) is 30.3 Å². The van der Waals surface area contributed by atoms with Crippen LogP contribution in [0.2, 0.25) is 0 Å². The summed E-state index contributed by atoms with van der Waals surface area (Å²) >= 11 is 0. The number of carbonyl (C=O) groups excluding carboxylic acids is 1. The molecule has 6 nitrogen and oxygen atoms in total. The van der Waals surface area contributed by atoms with Gasteiger partial charge in [-0.3, -0.25) is 4.79 Å². The first-order valence-corrected chi connectivity index (χ1v) is 8.42. The van der Waals surface area contributed by atoms with Gasteiger partial charge in [0.2, 0.25) is 0 Å². The van der Waals surface area contributed by atoms with E-state index in [0.717, 1.165) is 24.1 Å². The molecule has 1 unspecified atom stereocenters. The second-order valence-corrected chi connectivity index (χ2v) is 6.12. The van der Waals surface area contributed by atoms with Crippen LogP contribution in [0, 0.1) is 0 Å². The Hall–Kier alpha value is -2.86. The number of morpholine rings is 1. The van der Waals surface area contributed by atoms with Crippen LogP contribution in [-0.2, 0) is 4.74 Å². The third kappa shape index (κ3) is 3.49. The maximum Gasteiger partial charge on any atom is 0.251 e. The lowest BCUT2D eigenvalue weighted by molar-refractivity contribution is 0.0397. The number of H-pyrrole nitrogens is 1. The van der Waals surface area contributed by atoms with Crippen LogP contribution < -0.4 is 10.2 Å². The smallest absolute Gasteiger partial charge is 0.251 e. The fraction of sp³-hybridized carbons (Fsp3) is 0.263. The third-order valence-corrected chi connectivity index (χ3v) is 4.43. The zero-order valence-electron chi connectivity index (χ0n) is 13.8. The molecule has 6 heteroatoms. The summed E-state index contributed by atoms with van der Waals surface area (Å²) < 4.78 is 5.80. The largest absolute Gasteiger partial charge is 0.373 e. The maximum atomic E-state index is 12.4. The molecular formula is C19H20N4O2. The molecule has 2 N–H and O–H groups in total. The summed E-state index contributed by atoms with van der Waals surface area (Å²) in [6, 6.07) is 15.7. The summed E-state index contributed by atoms with van der Waals surface area (Å²) in [5, 5.41) is 2.97. The number of imidazole rings is 1. The lowest BCUT2D eigenvalue weighted by atomic mass is 10.1. The molecule has 1 aliphatic heterocycles. The Kier molecular flexibility index (Phi) is 4.35. The molecule has 1 atom stereocenters. The van der Waals surface area contributed by atoms with Gasteiger partial charge in [-0.2, -0.15) is 0 Å². The van der Waals surface area contributed by atoms with Crippen LogP contribution in [0.5, 0.6) is 0 Å². The summed E-state index contributed by atoms with van der Waals surface area (Å²) in [5.74, 6) is -0.100. The van der Waals surface area contributed by atoms with Gasteiger partial charge in [-0.15, -0.1) is 0 Å². The molecule has 0 spiro atoms. The molecule has 2 heterocycles. The Balaban J connectivity index is 1.36. The molecule has 4 rings (SSSR count). The van der Waals surface area contributed by atoms with Crippen molar-refractivity contribution in [1.29, 1.82) is 0 Å². The Morgan fingerprint density at radius 1 is 1.28 bits per heavy atom. The van der Waals surface area contributed by atoms with Crippen LogP contribution in [-0.4, -0.2) is 48.2 Å². The van der Waals surface area contributed by atoms with Gasteiger partial charge in [0.15, 0.2) is 0 Å². The molecule has 1 amide bonds. The van der Waals surface area contributed by atoms with Gasteiger partial charge in [0.25, 0.3) is 5.91 Å². The first-order valence-electron chi connectivity index (χ1n) is 8.42. The van der Waals surface area contributed by atoms with Gasteiger partial charge in [0, 0.05) is 30.9 Å². The van der Waals surface area contributed by atoms with Crippen LogP contribution in [0.3, 0.4) is 0 Å². The predicted octanol–water partition coefficient (Wildman–Crippen LogP) is 2.20. The number of nitrogens with zero attached hydrogens (tertiary/aromatic N) is 2. The van der Waals surface area contributed by atoms with E-state index in [-0.39, 0.29) is 12.0 Å². The zero-order valence-corrected chi connectivity index (χ0v) is 13.8. The van der Waals surface area contributed by atoms with Crippen molar-refractivity contribution in [3.05, 3.63) is 60.4 Å². The molecule has 25 heavy (non-hydrogen) atoms. The first kappa shape index (κ1) is 15.7. The number of aromatic nitrogens is 2. The summed E-state index contributed by atoms with van der Waals surface area (Å²) in [7, 11) is 0. The van der Waals surface area contributed by atoms with Gasteiger partial charge >= 0.3 is 0 Å². The van der Waals surface area contributed by atoms with E-state index in [1.165, 1.54) is 5.69 Å². The molecular weight excluding hydrogens is 316 g/mol. The van der Waals surface area contributed by atoms with Crippen molar-refractivity contribution < 1.29 is 9.53 Å². The number of ether oxygens (including phenoxy) is 1. The van der Waals surface area contributed by atoms with E-state index in [4.69, 9.17) is 4.74 Å². The van der Waals surface area contributed by atoms with Crippen molar-refractivity contribution in [3.63, 3.8) is 0 Å². The second-order valence-electron chi connectivity index (χ2n) is 6.12. The van der Waals surface area contributed by atoms with Gasteiger partial charge in [0.1, 0.15) is 0 Å². The third-order valence-electron chi connectivity index (χ3n) is 4.43. The van der Waals surface area contributed by atoms with E-state index in [1.807, 2.05) is 30.3 Å². The molecule has 2 aromatic carbocycles. The molecule has 1 saturated heterocycles. The summed E-state index contributed by atoms with van der Waals surface area (Å²) in [4.78, 5) is 21.9. The lowest BCUT2D eigenvalue weighted by Crippen LogP contribution is -2.47. The number of carbonyl (C=O) groups is 1. The molecule has 0 radical (unpaired) electrons. The molecule has 0 bridgehead atoms. The van der Waals surface area contributed by atoms with Crippen molar-refractivity contribution in [2.24, 2.45) is 0 Å². The van der Waals surface area contributed by atoms with Crippen molar-refractivity contribution in [2.75, 3.05) is 31.1 Å². The van der Waals surface area contributed by atoms with Crippen molar-refractivity contribution >= 4 is 22.6 Å². The van der Waals surface area contributed by atoms with Crippen LogP contribution in [0.25, 0.3) is 11.0 Å². The summed E-state index contributed by atoms with van der Waals surface area (Å²) in [6.07, 6.45) is 1.61. The number of amides is 1. The molecule has 128 valence electrons. The molecule has 1 aliphatic rings. The highest BCUT2D eigenvalue weighted by molar-refractivity contribution is 5.97. The fourth-order valence-electron chi connectivity index (χ4n) is 3.10. The number of fused-ring (bicyclic) bond motifs is 1. The average molecular weight is 336 g/mol. The average Bonchev–Trinajstić information content (AvgIpc) is 3.15. The summed E-state index contributed by atoms with van der Waals surface area (Å²) in [5.41, 5.74) is 3.52. The van der Waals surface area contributed by atoms with Crippen LogP contribution in [0.4, 0.5) is 5.69 Å². The number of benzene rings is 2. The number of nitrogens with one attached hydrogen (secondary N) is 2. The normalized spacial score (nSPS) is 17.6. The highest BCUT2D eigenvalue weighted by Crippen LogP contribution is 2.17. The van der Waals surface area contributed by atoms with Gasteiger partial charge in [-0.1, -0.05) is 18.2 Å². The van der Waals surface area contributed by atoms with Gasteiger partial charge < -0.3 is 19.9 Å². The minimum Gasteiger partial charge on any atom is -0.373 e. The minimum absolute atomic E-state index is 0.0196. The molecule has 3 aromatic rings. The molecule has 1 fully saturated rings. The van der Waals surface area contributed by atoms with E-state index in [9.17, 15) is 4.79 Å². The van der Waals surface area contributed by atoms with Crippen LogP contribution >= 0.6 is 0 Å². The number of aromatic amines is 1. The standard InChI is InChI=1S/C19H20N4O2/c24-19(14-6-7-17-18(10-14)22-13-21-17)20-11-16-12-23(8-9-25-16)15-4-2-1-3-5-15/h1-7,10,13,16H,8-9,11-12H2,(H,20,24)(H,21,22). The van der Waals surface area contributed by atoms with Gasteiger partial charge in [-0.25, -0.2) is 4.98 Å². The Morgan fingerprint density at radius 3 is 3.04 bits per heavy atom. The summed E-state index contributed by atoms with van der Waals surface area (Å²) in [6.45, 7) is 2.79. The Bertz CT molecular complexity index is 862. The molecule has 0 saturated carbocycles.